The molecule has 11 rings (SSSR count). The van der Waals surface area contributed by atoms with Gasteiger partial charge in [0, 0.05) is 61.0 Å². The molecule has 2 aromatic heterocycles. The van der Waals surface area contributed by atoms with Crippen LogP contribution in [0.1, 0.15) is 115 Å². The molecule has 0 saturated heterocycles. The van der Waals surface area contributed by atoms with Crippen LogP contribution in [0.3, 0.4) is 0 Å². The lowest BCUT2D eigenvalue weighted by Gasteiger charge is -2.30. The molecule has 1 aliphatic rings. The zero-order valence-electron chi connectivity index (χ0n) is 43.6. The number of alkyl halides is 6. The molecule has 0 N–H and O–H groups in total. The second-order valence-corrected chi connectivity index (χ2v) is 23.8. The smallest absolute Gasteiger partial charge is 0.310 e. The van der Waals surface area contributed by atoms with Crippen molar-refractivity contribution in [3.8, 4) is 11.3 Å². The molecule has 74 heavy (non-hydrogen) atoms. The third kappa shape index (κ3) is 7.88. The number of fused-ring (bicyclic) bond motifs is 10. The topological polar surface area (TPSA) is 10.9 Å². The average Bonchev–Trinajstić information content (AvgIpc) is 3.94. The zero-order valence-corrected chi connectivity index (χ0v) is 43.6. The van der Waals surface area contributed by atoms with Crippen molar-refractivity contribution in [2.75, 3.05) is 9.80 Å². The van der Waals surface area contributed by atoms with E-state index in [1.807, 2.05) is 52.3 Å². The van der Waals surface area contributed by atoms with Crippen molar-refractivity contribution in [3.63, 3.8) is 0 Å². The summed E-state index contributed by atoms with van der Waals surface area (Å²) in [5, 5.41) is 4.79. The third-order valence-electron chi connectivity index (χ3n) is 15.3. The van der Waals surface area contributed by atoms with Crippen LogP contribution in [0.25, 0.3) is 49.2 Å². The van der Waals surface area contributed by atoms with Crippen molar-refractivity contribution in [3.05, 3.63) is 197 Å². The SMILES string of the molecule is CC(C)(C)c1cccc(N(c2cccc(C(F)(F)F)c2)c2ccc3c(ccc4c5ccc(N(c6cccc(C(C)(C)C)c6)c6cccc(C(F)(F)F)c6)c6c7c(n(c65)c34)-c3cc(C(C)(C)C)ccc3C7(C)C)c2)c1. The van der Waals surface area contributed by atoms with Gasteiger partial charge < -0.3 is 14.2 Å². The van der Waals surface area contributed by atoms with Crippen LogP contribution >= 0.6 is 0 Å². The summed E-state index contributed by atoms with van der Waals surface area (Å²) in [6, 6.07) is 48.5. The monoisotopic (exact) mass is 995 g/mol. The third-order valence-corrected chi connectivity index (χ3v) is 15.3. The van der Waals surface area contributed by atoms with Gasteiger partial charge in [-0.3, -0.25) is 0 Å². The van der Waals surface area contributed by atoms with Gasteiger partial charge in [-0.2, -0.15) is 26.3 Å². The Morgan fingerprint density at radius 3 is 1.35 bits per heavy atom. The Balaban J connectivity index is 1.24. The molecule has 0 radical (unpaired) electrons. The summed E-state index contributed by atoms with van der Waals surface area (Å²) in [6.45, 7) is 23.9. The van der Waals surface area contributed by atoms with Crippen LogP contribution in [-0.4, -0.2) is 4.40 Å². The van der Waals surface area contributed by atoms with Gasteiger partial charge in [-0.1, -0.05) is 149 Å². The van der Waals surface area contributed by atoms with Gasteiger partial charge in [0.2, 0.25) is 0 Å². The fourth-order valence-corrected chi connectivity index (χ4v) is 11.4. The summed E-state index contributed by atoms with van der Waals surface area (Å²) in [7, 11) is 0. The summed E-state index contributed by atoms with van der Waals surface area (Å²) in [4.78, 5) is 3.89. The Bertz CT molecular complexity index is 3750. The van der Waals surface area contributed by atoms with E-state index in [0.717, 1.165) is 101 Å². The van der Waals surface area contributed by atoms with Gasteiger partial charge in [0.05, 0.1) is 33.5 Å². The zero-order chi connectivity index (χ0) is 52.8. The highest BCUT2D eigenvalue weighted by Crippen LogP contribution is 2.59. The standard InChI is InChI=1S/C65H59F6N3/c1-60(2,3)39-16-12-20-44(33-39)72(45-21-14-18-42(35-45)64(66,67)68)48-26-28-49-38(32-48)24-27-50-51-29-31-54(73(46-22-13-17-40(34-46)61(4,5)6)47-23-15-19-43(36-47)65(69,70)71)55-56-59(74(57(49)50)58(51)55)52-37-41(62(7,8)9)25-30-53(52)63(56,10)11/h12-37H,1-11H3. The Hall–Kier alpha value is -7.26. The molecule has 1 aliphatic carbocycles. The lowest BCUT2D eigenvalue weighted by molar-refractivity contribution is -0.138. The van der Waals surface area contributed by atoms with E-state index in [1.165, 1.54) is 29.8 Å². The summed E-state index contributed by atoms with van der Waals surface area (Å²) < 4.78 is 89.6. The Morgan fingerprint density at radius 2 is 0.838 bits per heavy atom. The first-order valence-electron chi connectivity index (χ1n) is 25.2. The van der Waals surface area contributed by atoms with Crippen LogP contribution in [0.4, 0.5) is 60.5 Å². The minimum atomic E-state index is -4.57. The molecule has 9 heteroatoms. The minimum absolute atomic E-state index is 0.174. The maximum absolute atomic E-state index is 14.7. The van der Waals surface area contributed by atoms with Crippen LogP contribution in [0.2, 0.25) is 0 Å². The minimum Gasteiger partial charge on any atom is -0.310 e. The number of aromatic nitrogens is 1. The molecule has 2 heterocycles. The van der Waals surface area contributed by atoms with Gasteiger partial charge in [-0.15, -0.1) is 0 Å². The lowest BCUT2D eigenvalue weighted by atomic mass is 9.79. The predicted octanol–water partition coefficient (Wildman–Crippen LogP) is 20.0. The first-order valence-corrected chi connectivity index (χ1v) is 25.2. The van der Waals surface area contributed by atoms with Crippen molar-refractivity contribution in [2.24, 2.45) is 0 Å². The second kappa shape index (κ2) is 16.4. The number of anilines is 6. The van der Waals surface area contributed by atoms with Gasteiger partial charge in [-0.05, 0) is 134 Å². The molecular weight excluding hydrogens is 937 g/mol. The normalized spacial score (nSPS) is 14.1. The average molecular weight is 996 g/mol. The Morgan fingerprint density at radius 1 is 0.405 bits per heavy atom. The highest BCUT2D eigenvalue weighted by Gasteiger charge is 2.44. The van der Waals surface area contributed by atoms with Crippen LogP contribution < -0.4 is 9.80 Å². The van der Waals surface area contributed by atoms with E-state index in [1.54, 1.807) is 12.1 Å². The van der Waals surface area contributed by atoms with Crippen molar-refractivity contribution in [2.45, 2.75) is 110 Å². The van der Waals surface area contributed by atoms with Crippen LogP contribution in [0.5, 0.6) is 0 Å². The molecule has 376 valence electrons. The molecule has 0 fully saturated rings. The highest BCUT2D eigenvalue weighted by atomic mass is 19.4. The van der Waals surface area contributed by atoms with E-state index in [4.69, 9.17) is 0 Å². The summed E-state index contributed by atoms with van der Waals surface area (Å²) in [5.74, 6) is 0. The van der Waals surface area contributed by atoms with Gasteiger partial charge in [0.15, 0.2) is 0 Å². The van der Waals surface area contributed by atoms with Gasteiger partial charge >= 0.3 is 12.4 Å². The van der Waals surface area contributed by atoms with Gasteiger partial charge in [0.25, 0.3) is 0 Å². The molecule has 0 atom stereocenters. The fourth-order valence-electron chi connectivity index (χ4n) is 11.4. The van der Waals surface area contributed by atoms with Crippen LogP contribution in [-0.2, 0) is 34.0 Å². The van der Waals surface area contributed by atoms with E-state index >= 15 is 0 Å². The molecule has 0 amide bonds. The van der Waals surface area contributed by atoms with Crippen molar-refractivity contribution < 1.29 is 26.3 Å². The predicted molar refractivity (Wildman–Crippen MR) is 294 cm³/mol. The second-order valence-electron chi connectivity index (χ2n) is 23.8. The summed E-state index contributed by atoms with van der Waals surface area (Å²) in [5.41, 5.74) is 10.6. The number of hydrogen-bond donors (Lipinski definition) is 0. The quantitative estimate of drug-likeness (QED) is 0.154. The number of halogens is 6. The molecular formula is C65H59F6N3. The van der Waals surface area contributed by atoms with Crippen molar-refractivity contribution in [1.29, 1.82) is 0 Å². The first-order chi connectivity index (χ1) is 34.6. The maximum Gasteiger partial charge on any atom is 0.416 e. The van der Waals surface area contributed by atoms with E-state index in [0.29, 0.717) is 17.1 Å². The highest BCUT2D eigenvalue weighted by molar-refractivity contribution is 6.26. The largest absolute Gasteiger partial charge is 0.416 e. The summed E-state index contributed by atoms with van der Waals surface area (Å²) in [6.07, 6.45) is -9.11. The van der Waals surface area contributed by atoms with Crippen LogP contribution in [0, 0.1) is 0 Å². The number of rotatable bonds is 6. The molecule has 3 nitrogen and oxygen atoms in total. The Labute approximate surface area is 429 Å². The molecule has 0 unspecified atom stereocenters. The van der Waals surface area contributed by atoms with Crippen LogP contribution in [0.15, 0.2) is 158 Å². The van der Waals surface area contributed by atoms with Gasteiger partial charge in [0.1, 0.15) is 0 Å². The van der Waals surface area contributed by atoms with Crippen molar-refractivity contribution in [1.82, 2.24) is 4.40 Å². The Kier molecular flexibility index (Phi) is 10.8. The molecule has 8 aromatic carbocycles. The molecule has 0 bridgehead atoms. The van der Waals surface area contributed by atoms with E-state index in [9.17, 15) is 26.3 Å². The molecule has 0 saturated carbocycles. The van der Waals surface area contributed by atoms with Crippen molar-refractivity contribution >= 4 is 72.1 Å². The van der Waals surface area contributed by atoms with E-state index in [2.05, 4.69) is 147 Å². The van der Waals surface area contributed by atoms with Gasteiger partial charge in [-0.25, -0.2) is 0 Å². The number of nitrogens with zero attached hydrogens (tertiary/aromatic N) is 3. The fraction of sp³-hybridized carbons (Fsp3) is 0.262. The lowest BCUT2D eigenvalue weighted by Crippen LogP contribution is -2.18. The molecule has 0 spiro atoms. The number of hydrogen-bond acceptors (Lipinski definition) is 2. The summed E-state index contributed by atoms with van der Waals surface area (Å²) >= 11 is 0. The molecule has 0 aliphatic heterocycles. The van der Waals surface area contributed by atoms with E-state index < -0.39 is 28.9 Å². The number of benzene rings is 8. The molecule has 10 aromatic rings. The maximum atomic E-state index is 14.7. The first kappa shape index (κ1) is 49.0. The van der Waals surface area contributed by atoms with E-state index in [-0.39, 0.29) is 16.2 Å².